The Bertz CT molecular complexity index is 804. The van der Waals surface area contributed by atoms with Crippen LogP contribution in [0.2, 0.25) is 10.0 Å². The Morgan fingerprint density at radius 3 is 2.21 bits per heavy atom. The molecule has 3 amide bonds. The smallest absolute Gasteiger partial charge is 0.323 e. The monoisotopic (exact) mass is 365 g/mol. The molecule has 8 heteroatoms. The number of rotatable bonds is 2. The second-order valence-electron chi connectivity index (χ2n) is 4.87. The van der Waals surface area contributed by atoms with Gasteiger partial charge in [-0.1, -0.05) is 29.3 Å². The van der Waals surface area contributed by atoms with Crippen molar-refractivity contribution < 1.29 is 14.4 Å². The Labute approximate surface area is 148 Å². The van der Waals surface area contributed by atoms with Crippen molar-refractivity contribution in [3.05, 3.63) is 52.5 Å². The topological polar surface area (TPSA) is 92.5 Å². The molecule has 0 aliphatic rings. The van der Waals surface area contributed by atoms with E-state index in [2.05, 4.69) is 5.32 Å². The van der Waals surface area contributed by atoms with Crippen molar-refractivity contribution in [2.24, 2.45) is 0 Å². The van der Waals surface area contributed by atoms with Gasteiger partial charge in [0.25, 0.3) is 0 Å². The van der Waals surface area contributed by atoms with Gasteiger partial charge in [-0.25, -0.2) is 4.90 Å². The highest BCUT2D eigenvalue weighted by molar-refractivity contribution is 6.48. The van der Waals surface area contributed by atoms with E-state index in [1.54, 1.807) is 12.1 Å². The van der Waals surface area contributed by atoms with Gasteiger partial charge in [-0.15, -0.1) is 0 Å². The lowest BCUT2D eigenvalue weighted by Crippen LogP contribution is -2.42. The Kier molecular flexibility index (Phi) is 5.43. The number of carbonyl (C=O) groups excluding carboxylic acids is 3. The largest absolute Gasteiger partial charge is 0.399 e. The lowest BCUT2D eigenvalue weighted by atomic mass is 10.2. The van der Waals surface area contributed by atoms with E-state index >= 15 is 0 Å². The molecule has 0 unspecified atom stereocenters. The molecule has 2 aromatic carbocycles. The van der Waals surface area contributed by atoms with Crippen molar-refractivity contribution in [2.75, 3.05) is 16.0 Å². The summed E-state index contributed by atoms with van der Waals surface area (Å²) in [7, 11) is 0. The lowest BCUT2D eigenvalue weighted by Gasteiger charge is -2.19. The SMILES string of the molecule is CC(=O)N(C(=O)C(=O)Nc1cc(Cl)cc(Cl)c1)c1cccc(N)c1. The van der Waals surface area contributed by atoms with Crippen molar-refractivity contribution >= 4 is 58.0 Å². The molecule has 0 aromatic heterocycles. The van der Waals surface area contributed by atoms with Gasteiger partial charge in [-0.2, -0.15) is 0 Å². The van der Waals surface area contributed by atoms with Gasteiger partial charge in [-0.05, 0) is 36.4 Å². The summed E-state index contributed by atoms with van der Waals surface area (Å²) in [6.45, 7) is 1.17. The molecule has 124 valence electrons. The fraction of sp³-hybridized carbons (Fsp3) is 0.0625. The fourth-order valence-electron chi connectivity index (χ4n) is 2.02. The first-order valence-electron chi connectivity index (χ1n) is 6.75. The van der Waals surface area contributed by atoms with Crippen LogP contribution in [0, 0.1) is 0 Å². The molecule has 0 heterocycles. The van der Waals surface area contributed by atoms with Gasteiger partial charge in [0.05, 0.1) is 5.69 Å². The highest BCUT2D eigenvalue weighted by Gasteiger charge is 2.27. The van der Waals surface area contributed by atoms with Crippen LogP contribution in [0.5, 0.6) is 0 Å². The summed E-state index contributed by atoms with van der Waals surface area (Å²) < 4.78 is 0. The molecule has 0 aliphatic carbocycles. The molecule has 0 aliphatic heterocycles. The Hall–Kier alpha value is -2.57. The van der Waals surface area contributed by atoms with Gasteiger partial charge >= 0.3 is 11.8 Å². The first-order chi connectivity index (χ1) is 11.3. The van der Waals surface area contributed by atoms with Crippen LogP contribution in [-0.2, 0) is 14.4 Å². The Morgan fingerprint density at radius 1 is 1.04 bits per heavy atom. The zero-order chi connectivity index (χ0) is 17.9. The van der Waals surface area contributed by atoms with Crippen LogP contribution in [0.3, 0.4) is 0 Å². The molecule has 0 spiro atoms. The van der Waals surface area contributed by atoms with Crippen LogP contribution in [0.15, 0.2) is 42.5 Å². The highest BCUT2D eigenvalue weighted by Crippen LogP contribution is 2.23. The molecule has 0 saturated carbocycles. The van der Waals surface area contributed by atoms with E-state index < -0.39 is 17.7 Å². The van der Waals surface area contributed by atoms with Crippen LogP contribution >= 0.6 is 23.2 Å². The van der Waals surface area contributed by atoms with E-state index in [-0.39, 0.29) is 11.4 Å². The number of nitrogen functional groups attached to an aromatic ring is 1. The minimum absolute atomic E-state index is 0.201. The summed E-state index contributed by atoms with van der Waals surface area (Å²) in [5.74, 6) is -2.68. The molecule has 0 atom stereocenters. The molecule has 0 bridgehead atoms. The van der Waals surface area contributed by atoms with Crippen LogP contribution in [0.1, 0.15) is 6.92 Å². The number of halogens is 2. The number of hydrogen-bond donors (Lipinski definition) is 2. The second-order valence-corrected chi connectivity index (χ2v) is 5.74. The van der Waals surface area contributed by atoms with E-state index in [4.69, 9.17) is 28.9 Å². The van der Waals surface area contributed by atoms with E-state index in [1.807, 2.05) is 0 Å². The third-order valence-electron chi connectivity index (χ3n) is 2.96. The molecular weight excluding hydrogens is 353 g/mol. The number of nitrogens with two attached hydrogens (primary N) is 1. The van der Waals surface area contributed by atoms with E-state index in [1.165, 1.54) is 37.3 Å². The van der Waals surface area contributed by atoms with E-state index in [0.29, 0.717) is 15.7 Å². The molecule has 6 nitrogen and oxygen atoms in total. The average molecular weight is 366 g/mol. The Morgan fingerprint density at radius 2 is 1.67 bits per heavy atom. The van der Waals surface area contributed by atoms with Gasteiger partial charge in [0, 0.05) is 28.3 Å². The summed E-state index contributed by atoms with van der Waals surface area (Å²) >= 11 is 11.7. The second kappa shape index (κ2) is 7.33. The molecular formula is C16H13Cl2N3O3. The maximum atomic E-state index is 12.4. The summed E-state index contributed by atoms with van der Waals surface area (Å²) in [5.41, 5.74) is 6.44. The number of benzene rings is 2. The number of nitrogens with one attached hydrogen (secondary N) is 1. The van der Waals surface area contributed by atoms with Crippen LogP contribution < -0.4 is 16.0 Å². The quantitative estimate of drug-likeness (QED) is 0.631. The lowest BCUT2D eigenvalue weighted by molar-refractivity contribution is -0.136. The maximum absolute atomic E-state index is 12.4. The standard InChI is InChI=1S/C16H13Cl2N3O3/c1-9(22)21(14-4-2-3-12(19)8-14)16(24)15(23)20-13-6-10(17)5-11(18)7-13/h2-8H,19H2,1H3,(H,20,23). The Balaban J connectivity index is 2.26. The van der Waals surface area contributed by atoms with E-state index in [9.17, 15) is 14.4 Å². The van der Waals surface area contributed by atoms with Gasteiger partial charge in [0.2, 0.25) is 5.91 Å². The van der Waals surface area contributed by atoms with Gasteiger partial charge in [0.15, 0.2) is 0 Å². The molecule has 3 N–H and O–H groups in total. The number of imide groups is 1. The fourth-order valence-corrected chi connectivity index (χ4v) is 2.54. The first kappa shape index (κ1) is 17.8. The molecule has 0 saturated heterocycles. The minimum Gasteiger partial charge on any atom is -0.399 e. The van der Waals surface area contributed by atoms with Crippen molar-refractivity contribution in [2.45, 2.75) is 6.92 Å². The summed E-state index contributed by atoms with van der Waals surface area (Å²) in [6.07, 6.45) is 0. The molecule has 2 aromatic rings. The summed E-state index contributed by atoms with van der Waals surface area (Å²) in [6, 6.07) is 10.4. The van der Waals surface area contributed by atoms with Crippen LogP contribution in [0.25, 0.3) is 0 Å². The number of amides is 3. The van der Waals surface area contributed by atoms with Crippen molar-refractivity contribution in [1.29, 1.82) is 0 Å². The number of carbonyl (C=O) groups is 3. The molecule has 24 heavy (non-hydrogen) atoms. The predicted molar refractivity (Wildman–Crippen MR) is 94.1 cm³/mol. The third-order valence-corrected chi connectivity index (χ3v) is 3.40. The minimum atomic E-state index is -1.05. The van der Waals surface area contributed by atoms with Crippen LogP contribution in [0.4, 0.5) is 17.1 Å². The van der Waals surface area contributed by atoms with Crippen molar-refractivity contribution in [1.82, 2.24) is 0 Å². The van der Waals surface area contributed by atoms with Crippen molar-refractivity contribution in [3.8, 4) is 0 Å². The summed E-state index contributed by atoms with van der Waals surface area (Å²) in [4.78, 5) is 37.1. The first-order valence-corrected chi connectivity index (χ1v) is 7.51. The molecule has 0 fully saturated rings. The third kappa shape index (κ3) is 4.24. The molecule has 0 radical (unpaired) electrons. The van der Waals surface area contributed by atoms with E-state index in [0.717, 1.165) is 4.90 Å². The van der Waals surface area contributed by atoms with Gasteiger partial charge in [0.1, 0.15) is 0 Å². The number of anilines is 3. The number of nitrogens with zero attached hydrogens (tertiary/aromatic N) is 1. The molecule has 2 rings (SSSR count). The number of hydrogen-bond acceptors (Lipinski definition) is 4. The average Bonchev–Trinajstić information content (AvgIpc) is 2.45. The normalized spacial score (nSPS) is 10.1. The summed E-state index contributed by atoms with van der Waals surface area (Å²) in [5, 5.41) is 2.95. The zero-order valence-electron chi connectivity index (χ0n) is 12.5. The highest BCUT2D eigenvalue weighted by atomic mass is 35.5. The van der Waals surface area contributed by atoms with Crippen LogP contribution in [-0.4, -0.2) is 17.7 Å². The van der Waals surface area contributed by atoms with Gasteiger partial charge in [-0.3, -0.25) is 14.4 Å². The van der Waals surface area contributed by atoms with Gasteiger partial charge < -0.3 is 11.1 Å². The van der Waals surface area contributed by atoms with Crippen molar-refractivity contribution in [3.63, 3.8) is 0 Å². The predicted octanol–water partition coefficient (Wildman–Crippen LogP) is 3.09. The maximum Gasteiger partial charge on any atom is 0.323 e. The zero-order valence-corrected chi connectivity index (χ0v) is 14.1.